The smallest absolute Gasteiger partial charge is 0.208 e. The van der Waals surface area contributed by atoms with Crippen LogP contribution in [0.1, 0.15) is 35.4 Å². The molecule has 1 saturated heterocycles. The maximum Gasteiger partial charge on any atom is 0.208 e. The molecule has 1 aliphatic rings. The van der Waals surface area contributed by atoms with Crippen LogP contribution in [0.15, 0.2) is 22.6 Å². The first-order chi connectivity index (χ1) is 10.4. The van der Waals surface area contributed by atoms with Gasteiger partial charge in [-0.1, -0.05) is 6.07 Å². The first-order valence-electron chi connectivity index (χ1n) is 7.24. The lowest BCUT2D eigenvalue weighted by Gasteiger charge is -2.23. The molecule has 22 heavy (non-hydrogen) atoms. The Morgan fingerprint density at radius 3 is 2.73 bits per heavy atom. The number of nitrogens with zero attached hydrogens (tertiary/aromatic N) is 2. The molecule has 4 nitrogen and oxygen atoms in total. The van der Waals surface area contributed by atoms with Crippen molar-refractivity contribution in [2.75, 3.05) is 6.54 Å². The Bertz CT molecular complexity index is 667. The van der Waals surface area contributed by atoms with Gasteiger partial charge in [0, 0.05) is 12.6 Å². The molecule has 0 saturated carbocycles. The quantitative estimate of drug-likeness (QED) is 0.947. The molecule has 0 bridgehead atoms. The molecule has 1 aliphatic heterocycles. The van der Waals surface area contributed by atoms with Gasteiger partial charge in [-0.15, -0.1) is 0 Å². The summed E-state index contributed by atoms with van der Waals surface area (Å²) in [5, 5.41) is 9.93. The maximum absolute atomic E-state index is 13.5. The summed E-state index contributed by atoms with van der Waals surface area (Å²) in [4.78, 5) is 6.31. The number of halogens is 2. The fraction of sp³-hybridized carbons (Fsp3) is 0.438. The van der Waals surface area contributed by atoms with Crippen molar-refractivity contribution in [3.63, 3.8) is 0 Å². The third kappa shape index (κ3) is 2.89. The Balaban J connectivity index is 1.83. The first-order valence-corrected chi connectivity index (χ1v) is 7.24. The van der Waals surface area contributed by atoms with Crippen molar-refractivity contribution in [1.82, 2.24) is 9.88 Å². The molecular weight excluding hydrogens is 290 g/mol. The number of rotatable bonds is 3. The van der Waals surface area contributed by atoms with Crippen LogP contribution in [0.3, 0.4) is 0 Å². The molecule has 1 aromatic carbocycles. The number of hydrogen-bond donors (Lipinski definition) is 1. The van der Waals surface area contributed by atoms with Gasteiger partial charge in [-0.2, -0.15) is 0 Å². The number of aryl methyl sites for hydroxylation is 2. The normalized spacial score (nSPS) is 22.4. The minimum Gasteiger partial charge on any atom is -0.444 e. The molecular formula is C16H18F2N2O2. The molecule has 2 heterocycles. The summed E-state index contributed by atoms with van der Waals surface area (Å²) in [5.74, 6) is -0.412. The van der Waals surface area contributed by atoms with Crippen LogP contribution < -0.4 is 0 Å². The monoisotopic (exact) mass is 308 g/mol. The lowest BCUT2D eigenvalue weighted by Crippen LogP contribution is -2.24. The molecule has 3 rings (SSSR count). The molecule has 2 atom stereocenters. The maximum atomic E-state index is 13.5. The van der Waals surface area contributed by atoms with E-state index < -0.39 is 17.7 Å². The van der Waals surface area contributed by atoms with Gasteiger partial charge < -0.3 is 9.52 Å². The van der Waals surface area contributed by atoms with Crippen LogP contribution in [-0.2, 0) is 6.54 Å². The third-order valence-electron chi connectivity index (χ3n) is 4.12. The van der Waals surface area contributed by atoms with Gasteiger partial charge in [-0.3, -0.25) is 4.90 Å². The van der Waals surface area contributed by atoms with E-state index in [0.717, 1.165) is 17.5 Å². The van der Waals surface area contributed by atoms with Gasteiger partial charge >= 0.3 is 0 Å². The average Bonchev–Trinajstić information content (AvgIpc) is 2.96. The lowest BCUT2D eigenvalue weighted by molar-refractivity contribution is 0.167. The lowest BCUT2D eigenvalue weighted by atomic mass is 10.0. The molecule has 1 aromatic heterocycles. The van der Waals surface area contributed by atoms with Gasteiger partial charge in [-0.05, 0) is 38.0 Å². The molecule has 1 fully saturated rings. The molecule has 0 spiro atoms. The predicted molar refractivity (Wildman–Crippen MR) is 76.1 cm³/mol. The van der Waals surface area contributed by atoms with Crippen molar-refractivity contribution in [3.8, 4) is 0 Å². The first kappa shape index (κ1) is 15.1. The molecule has 0 unspecified atom stereocenters. The minimum atomic E-state index is -0.873. The van der Waals surface area contributed by atoms with E-state index in [0.29, 0.717) is 31.0 Å². The molecule has 2 aromatic rings. The summed E-state index contributed by atoms with van der Waals surface area (Å²) in [7, 11) is 0. The van der Waals surface area contributed by atoms with Crippen molar-refractivity contribution < 1.29 is 18.3 Å². The summed E-state index contributed by atoms with van der Waals surface area (Å²) >= 11 is 0. The third-order valence-corrected chi connectivity index (χ3v) is 4.12. The number of aromatic nitrogens is 1. The molecule has 0 radical (unpaired) electrons. The predicted octanol–water partition coefficient (Wildman–Crippen LogP) is 2.88. The number of oxazole rings is 1. The Morgan fingerprint density at radius 1 is 1.32 bits per heavy atom. The molecule has 0 aliphatic carbocycles. The summed E-state index contributed by atoms with van der Waals surface area (Å²) in [5.41, 5.74) is 1.48. The minimum absolute atomic E-state index is 0.183. The highest BCUT2D eigenvalue weighted by Crippen LogP contribution is 2.34. The number of aliphatic hydroxyl groups excluding tert-OH is 1. The summed E-state index contributed by atoms with van der Waals surface area (Å²) in [6.07, 6.45) is -0.0284. The second-order valence-electron chi connectivity index (χ2n) is 5.76. The molecule has 0 amide bonds. The van der Waals surface area contributed by atoms with Crippen LogP contribution >= 0.6 is 0 Å². The highest BCUT2D eigenvalue weighted by molar-refractivity contribution is 5.23. The van der Waals surface area contributed by atoms with Crippen LogP contribution in [-0.4, -0.2) is 27.6 Å². The van der Waals surface area contributed by atoms with Crippen LogP contribution in [0.2, 0.25) is 0 Å². The van der Waals surface area contributed by atoms with Crippen molar-refractivity contribution in [3.05, 3.63) is 52.7 Å². The van der Waals surface area contributed by atoms with Gasteiger partial charge in [0.25, 0.3) is 0 Å². The number of hydrogen-bond acceptors (Lipinski definition) is 4. The Labute approximate surface area is 127 Å². The van der Waals surface area contributed by atoms with E-state index >= 15 is 0 Å². The van der Waals surface area contributed by atoms with Gasteiger partial charge in [0.15, 0.2) is 11.6 Å². The van der Waals surface area contributed by atoms with Crippen LogP contribution in [0, 0.1) is 25.5 Å². The van der Waals surface area contributed by atoms with Crippen LogP contribution in [0.4, 0.5) is 8.78 Å². The van der Waals surface area contributed by atoms with E-state index in [1.54, 1.807) is 6.07 Å². The molecule has 1 N–H and O–H groups in total. The highest BCUT2D eigenvalue weighted by atomic mass is 19.2. The van der Waals surface area contributed by atoms with Crippen molar-refractivity contribution in [2.45, 2.75) is 39.0 Å². The van der Waals surface area contributed by atoms with Gasteiger partial charge in [-0.25, -0.2) is 13.8 Å². The molecule has 6 heteroatoms. The largest absolute Gasteiger partial charge is 0.444 e. The zero-order valence-corrected chi connectivity index (χ0v) is 12.5. The van der Waals surface area contributed by atoms with Crippen molar-refractivity contribution >= 4 is 0 Å². The van der Waals surface area contributed by atoms with E-state index in [4.69, 9.17) is 4.42 Å². The second kappa shape index (κ2) is 5.78. The van der Waals surface area contributed by atoms with Crippen molar-refractivity contribution in [2.24, 2.45) is 0 Å². The van der Waals surface area contributed by atoms with Gasteiger partial charge in [0.1, 0.15) is 5.76 Å². The highest BCUT2D eigenvalue weighted by Gasteiger charge is 2.33. The van der Waals surface area contributed by atoms with E-state index in [1.165, 1.54) is 6.07 Å². The average molecular weight is 308 g/mol. The fourth-order valence-electron chi connectivity index (χ4n) is 2.90. The SMILES string of the molecule is Cc1nc(CN2C[C@@H](O)C[C@H]2c2ccc(F)c(F)c2)oc1C. The Kier molecular flexibility index (Phi) is 3.97. The molecule has 118 valence electrons. The van der Waals surface area contributed by atoms with Crippen molar-refractivity contribution in [1.29, 1.82) is 0 Å². The fourth-order valence-corrected chi connectivity index (χ4v) is 2.90. The summed E-state index contributed by atoms with van der Waals surface area (Å²) in [6.45, 7) is 4.59. The summed E-state index contributed by atoms with van der Waals surface area (Å²) in [6, 6.07) is 3.68. The van der Waals surface area contributed by atoms with E-state index in [-0.39, 0.29) is 6.04 Å². The van der Waals surface area contributed by atoms with Gasteiger partial charge in [0.05, 0.1) is 18.3 Å². The Hall–Kier alpha value is -1.79. The summed E-state index contributed by atoms with van der Waals surface area (Å²) < 4.78 is 32.1. The second-order valence-corrected chi connectivity index (χ2v) is 5.76. The standard InChI is InChI=1S/C16H18F2N2O2/c1-9-10(2)22-16(19-9)8-20-7-12(21)6-15(20)11-3-4-13(17)14(18)5-11/h3-5,12,15,21H,6-8H2,1-2H3/t12-,15-/m0/s1. The zero-order valence-electron chi connectivity index (χ0n) is 12.5. The number of likely N-dealkylation sites (tertiary alicyclic amines) is 1. The number of β-amino-alcohol motifs (C(OH)–C–C–N with tert-alkyl or cyclic N) is 1. The van der Waals surface area contributed by atoms with Crippen LogP contribution in [0.5, 0.6) is 0 Å². The number of aliphatic hydroxyl groups is 1. The van der Waals surface area contributed by atoms with E-state index in [9.17, 15) is 13.9 Å². The number of benzene rings is 1. The van der Waals surface area contributed by atoms with Crippen LogP contribution in [0.25, 0.3) is 0 Å². The topological polar surface area (TPSA) is 49.5 Å². The van der Waals surface area contributed by atoms with E-state index in [1.807, 2.05) is 18.7 Å². The van der Waals surface area contributed by atoms with Gasteiger partial charge in [0.2, 0.25) is 5.89 Å². The Morgan fingerprint density at radius 2 is 2.09 bits per heavy atom. The van der Waals surface area contributed by atoms with E-state index in [2.05, 4.69) is 4.98 Å². The zero-order chi connectivity index (χ0) is 15.9.